The van der Waals surface area contributed by atoms with Crippen LogP contribution >= 0.6 is 23.2 Å². The van der Waals surface area contributed by atoms with Crippen molar-refractivity contribution in [2.24, 2.45) is 0 Å². The molecule has 2 amide bonds. The van der Waals surface area contributed by atoms with Gasteiger partial charge >= 0.3 is 6.03 Å². The molecule has 0 aliphatic carbocycles. The van der Waals surface area contributed by atoms with Crippen molar-refractivity contribution < 1.29 is 9.18 Å². The SMILES string of the molecule is O=C(Nc1ccc(F)cc1)Nc1cccc(Cl)c1Cl. The van der Waals surface area contributed by atoms with Crippen LogP contribution in [0.4, 0.5) is 20.6 Å². The average Bonchev–Trinajstić information content (AvgIpc) is 2.38. The molecule has 2 aromatic rings. The summed E-state index contributed by atoms with van der Waals surface area (Å²) in [4.78, 5) is 11.7. The number of halogens is 3. The van der Waals surface area contributed by atoms with E-state index in [2.05, 4.69) is 10.6 Å². The lowest BCUT2D eigenvalue weighted by atomic mass is 10.3. The Bertz CT molecular complexity index is 602. The molecule has 2 aromatic carbocycles. The fraction of sp³-hybridized carbons (Fsp3) is 0. The number of hydrogen-bond donors (Lipinski definition) is 2. The number of rotatable bonds is 2. The highest BCUT2D eigenvalue weighted by atomic mass is 35.5. The van der Waals surface area contributed by atoms with Crippen LogP contribution in [0.1, 0.15) is 0 Å². The van der Waals surface area contributed by atoms with E-state index in [0.717, 1.165) is 0 Å². The second-order valence-corrected chi connectivity index (χ2v) is 4.47. The van der Waals surface area contributed by atoms with E-state index in [0.29, 0.717) is 16.4 Å². The van der Waals surface area contributed by atoms with Gasteiger partial charge in [0.05, 0.1) is 15.7 Å². The molecule has 0 saturated carbocycles. The predicted octanol–water partition coefficient (Wildman–Crippen LogP) is 4.78. The monoisotopic (exact) mass is 298 g/mol. The van der Waals surface area contributed by atoms with Crippen molar-refractivity contribution >= 4 is 40.6 Å². The van der Waals surface area contributed by atoms with Gasteiger partial charge in [-0.15, -0.1) is 0 Å². The summed E-state index contributed by atoms with van der Waals surface area (Å²) < 4.78 is 12.7. The minimum Gasteiger partial charge on any atom is -0.308 e. The molecule has 2 rings (SSSR count). The second kappa shape index (κ2) is 5.91. The van der Waals surface area contributed by atoms with Crippen molar-refractivity contribution in [1.82, 2.24) is 0 Å². The highest BCUT2D eigenvalue weighted by molar-refractivity contribution is 6.44. The molecule has 0 aliphatic rings. The number of hydrogen-bond acceptors (Lipinski definition) is 1. The minimum absolute atomic E-state index is 0.262. The van der Waals surface area contributed by atoms with Crippen LogP contribution in [0, 0.1) is 5.82 Å². The van der Waals surface area contributed by atoms with E-state index in [4.69, 9.17) is 23.2 Å². The first-order chi connectivity index (χ1) is 9.06. The zero-order valence-electron chi connectivity index (χ0n) is 9.58. The minimum atomic E-state index is -0.490. The van der Waals surface area contributed by atoms with Crippen molar-refractivity contribution in [2.75, 3.05) is 10.6 Å². The fourth-order valence-corrected chi connectivity index (χ4v) is 1.77. The first-order valence-electron chi connectivity index (χ1n) is 5.34. The summed E-state index contributed by atoms with van der Waals surface area (Å²) in [5, 5.41) is 5.71. The molecule has 0 saturated heterocycles. The van der Waals surface area contributed by atoms with Gasteiger partial charge in [-0.25, -0.2) is 9.18 Å². The molecule has 0 aliphatic heterocycles. The summed E-state index contributed by atoms with van der Waals surface area (Å²) in [7, 11) is 0. The maximum Gasteiger partial charge on any atom is 0.323 e. The van der Waals surface area contributed by atoms with Gasteiger partial charge < -0.3 is 10.6 Å². The molecule has 0 atom stereocenters. The van der Waals surface area contributed by atoms with E-state index in [-0.39, 0.29) is 10.8 Å². The van der Waals surface area contributed by atoms with Crippen LogP contribution in [0.5, 0.6) is 0 Å². The van der Waals surface area contributed by atoms with E-state index in [1.54, 1.807) is 18.2 Å². The third-order valence-electron chi connectivity index (χ3n) is 2.30. The Morgan fingerprint density at radius 1 is 1.00 bits per heavy atom. The molecule has 0 fully saturated rings. The van der Waals surface area contributed by atoms with Crippen LogP contribution in [0.2, 0.25) is 10.0 Å². The Kier molecular flexibility index (Phi) is 4.24. The number of urea groups is 1. The largest absolute Gasteiger partial charge is 0.323 e. The van der Waals surface area contributed by atoms with Crippen molar-refractivity contribution in [1.29, 1.82) is 0 Å². The highest BCUT2D eigenvalue weighted by Crippen LogP contribution is 2.29. The Hall–Kier alpha value is -1.78. The highest BCUT2D eigenvalue weighted by Gasteiger charge is 2.08. The van der Waals surface area contributed by atoms with Gasteiger partial charge in [-0.1, -0.05) is 29.3 Å². The quantitative estimate of drug-likeness (QED) is 0.823. The van der Waals surface area contributed by atoms with E-state index >= 15 is 0 Å². The van der Waals surface area contributed by atoms with Gasteiger partial charge in [-0.2, -0.15) is 0 Å². The van der Waals surface area contributed by atoms with E-state index < -0.39 is 6.03 Å². The Labute approximate surface area is 119 Å². The maximum absolute atomic E-state index is 12.7. The first-order valence-corrected chi connectivity index (χ1v) is 6.09. The van der Waals surface area contributed by atoms with Crippen LogP contribution in [-0.2, 0) is 0 Å². The summed E-state index contributed by atoms with van der Waals surface area (Å²) in [6.07, 6.45) is 0. The lowest BCUT2D eigenvalue weighted by Crippen LogP contribution is -2.19. The van der Waals surface area contributed by atoms with Crippen LogP contribution in [0.3, 0.4) is 0 Å². The van der Waals surface area contributed by atoms with Gasteiger partial charge in [0.15, 0.2) is 0 Å². The van der Waals surface area contributed by atoms with Crippen molar-refractivity contribution in [3.8, 4) is 0 Å². The Morgan fingerprint density at radius 3 is 2.37 bits per heavy atom. The lowest BCUT2D eigenvalue weighted by molar-refractivity contribution is 0.262. The van der Waals surface area contributed by atoms with E-state index in [9.17, 15) is 9.18 Å². The van der Waals surface area contributed by atoms with Gasteiger partial charge in [0.1, 0.15) is 5.82 Å². The molecule has 3 nitrogen and oxygen atoms in total. The van der Waals surface area contributed by atoms with Gasteiger partial charge in [0.2, 0.25) is 0 Å². The van der Waals surface area contributed by atoms with E-state index in [1.807, 2.05) is 0 Å². The molecule has 98 valence electrons. The molecule has 0 spiro atoms. The normalized spacial score (nSPS) is 10.1. The lowest BCUT2D eigenvalue weighted by Gasteiger charge is -2.09. The van der Waals surface area contributed by atoms with Gasteiger partial charge in [-0.3, -0.25) is 0 Å². The smallest absolute Gasteiger partial charge is 0.308 e. The zero-order valence-corrected chi connectivity index (χ0v) is 11.1. The van der Waals surface area contributed by atoms with Crippen LogP contribution in [0.25, 0.3) is 0 Å². The number of carbonyl (C=O) groups is 1. The van der Waals surface area contributed by atoms with Crippen LogP contribution < -0.4 is 10.6 Å². The summed E-state index contributed by atoms with van der Waals surface area (Å²) in [5.41, 5.74) is 0.867. The third kappa shape index (κ3) is 3.59. The molecular formula is C13H9Cl2FN2O. The number of nitrogens with one attached hydrogen (secondary N) is 2. The topological polar surface area (TPSA) is 41.1 Å². The number of amides is 2. The average molecular weight is 299 g/mol. The standard InChI is InChI=1S/C13H9Cl2FN2O/c14-10-2-1-3-11(12(10)15)18-13(19)17-9-6-4-8(16)5-7-9/h1-7H,(H2,17,18,19). The molecule has 2 N–H and O–H groups in total. The predicted molar refractivity (Wildman–Crippen MR) is 75.5 cm³/mol. The molecule has 0 unspecified atom stereocenters. The first kappa shape index (κ1) is 13.6. The van der Waals surface area contributed by atoms with Crippen molar-refractivity contribution in [3.63, 3.8) is 0 Å². The Balaban J connectivity index is 2.05. The van der Waals surface area contributed by atoms with Crippen molar-refractivity contribution in [2.45, 2.75) is 0 Å². The zero-order chi connectivity index (χ0) is 13.8. The van der Waals surface area contributed by atoms with Crippen LogP contribution in [0.15, 0.2) is 42.5 Å². The maximum atomic E-state index is 12.7. The summed E-state index contributed by atoms with van der Waals surface area (Å²) in [6.45, 7) is 0. The molecule has 19 heavy (non-hydrogen) atoms. The summed E-state index contributed by atoms with van der Waals surface area (Å²) >= 11 is 11.8. The molecule has 0 bridgehead atoms. The van der Waals surface area contributed by atoms with Crippen molar-refractivity contribution in [3.05, 3.63) is 58.3 Å². The van der Waals surface area contributed by atoms with E-state index in [1.165, 1.54) is 24.3 Å². The number of carbonyl (C=O) groups excluding carboxylic acids is 1. The molecule has 0 heterocycles. The molecule has 0 radical (unpaired) electrons. The van der Waals surface area contributed by atoms with Gasteiger partial charge in [-0.05, 0) is 36.4 Å². The summed E-state index contributed by atoms with van der Waals surface area (Å²) in [6, 6.07) is 9.83. The molecular weight excluding hydrogens is 290 g/mol. The van der Waals surface area contributed by atoms with Gasteiger partial charge in [0, 0.05) is 5.69 Å². The fourth-order valence-electron chi connectivity index (χ4n) is 1.42. The van der Waals surface area contributed by atoms with Gasteiger partial charge in [0.25, 0.3) is 0 Å². The van der Waals surface area contributed by atoms with Crippen LogP contribution in [-0.4, -0.2) is 6.03 Å². The second-order valence-electron chi connectivity index (χ2n) is 3.69. The number of benzene rings is 2. The summed E-state index contributed by atoms with van der Waals surface area (Å²) in [5.74, 6) is -0.371. The molecule has 6 heteroatoms. The Morgan fingerprint density at radius 2 is 1.68 bits per heavy atom. The third-order valence-corrected chi connectivity index (χ3v) is 3.12. The molecule has 0 aromatic heterocycles. The number of anilines is 2.